The number of hydrogen-bond donors (Lipinski definition) is 0. The Hall–Kier alpha value is -3.31. The van der Waals surface area contributed by atoms with E-state index >= 15 is 0 Å². The van der Waals surface area contributed by atoms with Crippen LogP contribution >= 0.6 is 0 Å². The van der Waals surface area contributed by atoms with Crippen LogP contribution in [0.4, 0.5) is 0 Å². The molecular weight excluding hydrogens is 508 g/mol. The molecule has 0 unspecified atom stereocenters. The van der Waals surface area contributed by atoms with E-state index in [1.807, 2.05) is 25.1 Å². The number of hydrogen-bond acceptors (Lipinski definition) is 3. The van der Waals surface area contributed by atoms with E-state index in [1.54, 1.807) is 6.08 Å². The minimum absolute atomic E-state index is 0.169. The standard InChI is InChI=1S/C36H46O3Si/c1-7-10-11-12-13-14-21-30-35(37)38-31(8-2)24-22-23-25-32(9-3)39-40(36(4,5)6,33-26-17-15-18-27-33)34-28-19-16-20-29-34/h7,9,15-20,26-29,31-32H,1,3,8,10-14,21,30H2,2,4-6H3/t31-,32-/m0/s1. The fraction of sp³-hybridized carbons (Fsp3) is 0.417. The van der Waals surface area contributed by atoms with E-state index in [0.29, 0.717) is 12.8 Å². The van der Waals surface area contributed by atoms with E-state index < -0.39 is 20.5 Å². The van der Waals surface area contributed by atoms with E-state index in [1.165, 1.54) is 16.8 Å². The van der Waals surface area contributed by atoms with Crippen LogP contribution in [0.15, 0.2) is 86.0 Å². The molecule has 0 bridgehead atoms. The Morgan fingerprint density at radius 2 is 1.43 bits per heavy atom. The molecular formula is C36H46O3Si. The molecule has 2 rings (SSSR count). The van der Waals surface area contributed by atoms with Gasteiger partial charge in [0.2, 0.25) is 0 Å². The quantitative estimate of drug-likeness (QED) is 0.0758. The number of unbranched alkanes of at least 4 members (excludes halogenated alkanes) is 5. The third-order valence-electron chi connectivity index (χ3n) is 6.88. The van der Waals surface area contributed by atoms with Crippen LogP contribution in [0.25, 0.3) is 0 Å². The molecule has 0 aliphatic rings. The summed E-state index contributed by atoms with van der Waals surface area (Å²) < 4.78 is 12.6. The number of allylic oxidation sites excluding steroid dienone is 1. The van der Waals surface area contributed by atoms with E-state index in [2.05, 4.69) is 106 Å². The summed E-state index contributed by atoms with van der Waals surface area (Å²) in [7, 11) is -2.77. The third kappa shape index (κ3) is 10.0. The molecule has 3 nitrogen and oxygen atoms in total. The van der Waals surface area contributed by atoms with Gasteiger partial charge in [-0.1, -0.05) is 132 Å². The Morgan fingerprint density at radius 3 is 1.95 bits per heavy atom. The van der Waals surface area contributed by atoms with Gasteiger partial charge >= 0.3 is 5.97 Å². The molecule has 212 valence electrons. The van der Waals surface area contributed by atoms with Crippen LogP contribution in [0.1, 0.15) is 79.1 Å². The molecule has 0 amide bonds. The van der Waals surface area contributed by atoms with Gasteiger partial charge in [0.1, 0.15) is 6.10 Å². The molecule has 40 heavy (non-hydrogen) atoms. The third-order valence-corrected chi connectivity index (χ3v) is 11.9. The van der Waals surface area contributed by atoms with Crippen LogP contribution in [0.5, 0.6) is 0 Å². The Kier molecular flexibility index (Phi) is 14.3. The van der Waals surface area contributed by atoms with Crippen LogP contribution in [-0.2, 0) is 14.0 Å². The summed E-state index contributed by atoms with van der Waals surface area (Å²) in [5.74, 6) is 11.8. The lowest BCUT2D eigenvalue weighted by Gasteiger charge is -2.44. The minimum Gasteiger partial charge on any atom is -0.449 e. The largest absolute Gasteiger partial charge is 0.449 e. The van der Waals surface area contributed by atoms with Crippen LogP contribution in [0.2, 0.25) is 5.04 Å². The summed E-state index contributed by atoms with van der Waals surface area (Å²) in [6, 6.07) is 20.9. The average Bonchev–Trinajstić information content (AvgIpc) is 2.96. The second kappa shape index (κ2) is 17.4. The van der Waals surface area contributed by atoms with Crippen molar-refractivity contribution in [2.24, 2.45) is 0 Å². The number of carbonyl (C=O) groups excluding carboxylic acids is 1. The van der Waals surface area contributed by atoms with Crippen molar-refractivity contribution in [1.29, 1.82) is 0 Å². The maximum atomic E-state index is 12.3. The van der Waals surface area contributed by atoms with E-state index in [0.717, 1.165) is 32.1 Å². The zero-order valence-electron chi connectivity index (χ0n) is 24.9. The van der Waals surface area contributed by atoms with Crippen molar-refractivity contribution >= 4 is 24.7 Å². The van der Waals surface area contributed by atoms with Gasteiger partial charge in [-0.2, -0.15) is 0 Å². The Labute approximate surface area is 244 Å². The van der Waals surface area contributed by atoms with Crippen LogP contribution < -0.4 is 10.4 Å². The topological polar surface area (TPSA) is 35.5 Å². The van der Waals surface area contributed by atoms with Crippen molar-refractivity contribution in [1.82, 2.24) is 0 Å². The van der Waals surface area contributed by atoms with E-state index in [4.69, 9.17) is 9.16 Å². The van der Waals surface area contributed by atoms with Crippen molar-refractivity contribution in [2.45, 2.75) is 96.3 Å². The molecule has 2 aromatic rings. The summed E-state index contributed by atoms with van der Waals surface area (Å²) in [4.78, 5) is 12.3. The van der Waals surface area contributed by atoms with Gasteiger partial charge in [0, 0.05) is 6.42 Å². The smallest absolute Gasteiger partial charge is 0.307 e. The van der Waals surface area contributed by atoms with Crippen molar-refractivity contribution in [2.75, 3.05) is 0 Å². The highest BCUT2D eigenvalue weighted by Crippen LogP contribution is 2.37. The van der Waals surface area contributed by atoms with Crippen molar-refractivity contribution in [3.63, 3.8) is 0 Å². The lowest BCUT2D eigenvalue weighted by Crippen LogP contribution is -2.67. The fourth-order valence-electron chi connectivity index (χ4n) is 4.76. The number of esters is 1. The predicted molar refractivity (Wildman–Crippen MR) is 171 cm³/mol. The van der Waals surface area contributed by atoms with Crippen LogP contribution in [0.3, 0.4) is 0 Å². The maximum Gasteiger partial charge on any atom is 0.307 e. The lowest BCUT2D eigenvalue weighted by molar-refractivity contribution is -0.146. The Morgan fingerprint density at radius 1 is 0.875 bits per heavy atom. The molecule has 0 spiro atoms. The monoisotopic (exact) mass is 554 g/mol. The molecule has 2 atom stereocenters. The lowest BCUT2D eigenvalue weighted by atomic mass is 10.1. The summed E-state index contributed by atoms with van der Waals surface area (Å²) in [5, 5.41) is 2.20. The number of benzene rings is 2. The highest BCUT2D eigenvalue weighted by atomic mass is 28.4. The molecule has 0 aliphatic carbocycles. The molecule has 0 N–H and O–H groups in total. The minimum atomic E-state index is -2.77. The highest BCUT2D eigenvalue weighted by molar-refractivity contribution is 6.99. The molecule has 0 aromatic heterocycles. The van der Waals surface area contributed by atoms with Gasteiger partial charge < -0.3 is 9.16 Å². The number of ether oxygens (including phenoxy) is 1. The summed E-state index contributed by atoms with van der Waals surface area (Å²) in [5.41, 5.74) is 0. The Balaban J connectivity index is 2.13. The molecule has 0 radical (unpaired) electrons. The predicted octanol–water partition coefficient (Wildman–Crippen LogP) is 7.36. The highest BCUT2D eigenvalue weighted by Gasteiger charge is 2.51. The van der Waals surface area contributed by atoms with E-state index in [-0.39, 0.29) is 11.0 Å². The maximum absolute atomic E-state index is 12.3. The molecule has 0 saturated carbocycles. The van der Waals surface area contributed by atoms with Crippen LogP contribution in [-0.4, -0.2) is 26.5 Å². The first-order valence-corrected chi connectivity index (χ1v) is 16.4. The molecule has 0 fully saturated rings. The molecule has 0 aliphatic heterocycles. The zero-order chi connectivity index (χ0) is 29.3. The molecule has 2 aromatic carbocycles. The SMILES string of the molecule is C=CCCCCCCCC(=O)O[C@H](C#CC#C[C@H](C=C)O[Si](c1ccccc1)(c1ccccc1)C(C)(C)C)CC. The molecule has 4 heteroatoms. The summed E-state index contributed by atoms with van der Waals surface area (Å²) >= 11 is 0. The van der Waals surface area contributed by atoms with Crippen LogP contribution in [0, 0.1) is 23.7 Å². The number of rotatable bonds is 15. The zero-order valence-corrected chi connectivity index (χ0v) is 25.9. The van der Waals surface area contributed by atoms with Crippen molar-refractivity contribution in [3.8, 4) is 23.7 Å². The fourth-order valence-corrected chi connectivity index (χ4v) is 9.31. The summed E-state index contributed by atoms with van der Waals surface area (Å²) in [6.07, 6.45) is 10.2. The second-order valence-corrected chi connectivity index (χ2v) is 15.2. The molecule has 0 saturated heterocycles. The average molecular weight is 555 g/mol. The number of carbonyl (C=O) groups is 1. The van der Waals surface area contributed by atoms with Gasteiger partial charge in [-0.3, -0.25) is 4.79 Å². The first-order valence-electron chi connectivity index (χ1n) is 14.5. The van der Waals surface area contributed by atoms with Gasteiger partial charge in [0.15, 0.2) is 6.10 Å². The first-order chi connectivity index (χ1) is 19.3. The molecule has 0 heterocycles. The second-order valence-electron chi connectivity index (χ2n) is 11.0. The Bertz CT molecular complexity index is 1130. The van der Waals surface area contributed by atoms with Gasteiger partial charge in [-0.05, 0) is 58.9 Å². The van der Waals surface area contributed by atoms with Crippen molar-refractivity contribution in [3.05, 3.63) is 86.0 Å². The van der Waals surface area contributed by atoms with Gasteiger partial charge in [-0.15, -0.1) is 6.58 Å². The normalized spacial score (nSPS) is 12.6. The van der Waals surface area contributed by atoms with Crippen molar-refractivity contribution < 1.29 is 14.0 Å². The van der Waals surface area contributed by atoms with Gasteiger partial charge in [0.25, 0.3) is 8.32 Å². The first kappa shape index (κ1) is 32.9. The van der Waals surface area contributed by atoms with E-state index in [9.17, 15) is 4.79 Å². The summed E-state index contributed by atoms with van der Waals surface area (Å²) in [6.45, 7) is 16.4. The van der Waals surface area contributed by atoms with Gasteiger partial charge in [0.05, 0.1) is 0 Å². The van der Waals surface area contributed by atoms with Gasteiger partial charge in [-0.25, -0.2) is 0 Å².